The molecule has 1 aromatic heterocycles. The highest BCUT2D eigenvalue weighted by atomic mass is 16.5. The van der Waals surface area contributed by atoms with E-state index in [4.69, 9.17) is 4.74 Å². The second-order valence-corrected chi connectivity index (χ2v) is 7.61. The zero-order valence-electron chi connectivity index (χ0n) is 16.1. The Kier molecular flexibility index (Phi) is 5.88. The first-order chi connectivity index (χ1) is 13.7. The molecular weight excluding hydrogens is 354 g/mol. The van der Waals surface area contributed by atoms with Crippen LogP contribution in [-0.4, -0.2) is 66.1 Å². The van der Waals surface area contributed by atoms with E-state index < -0.39 is 0 Å². The van der Waals surface area contributed by atoms with Crippen molar-refractivity contribution in [3.8, 4) is 11.3 Å². The lowest BCUT2D eigenvalue weighted by molar-refractivity contribution is 0.0297. The average Bonchev–Trinajstić information content (AvgIpc) is 3.11. The number of likely N-dealkylation sites (tertiary alicyclic amines) is 1. The number of benzene rings is 1. The van der Waals surface area contributed by atoms with E-state index in [9.17, 15) is 9.59 Å². The lowest BCUT2D eigenvalue weighted by Crippen LogP contribution is -2.41. The second kappa shape index (κ2) is 8.71. The van der Waals surface area contributed by atoms with Gasteiger partial charge in [0, 0.05) is 43.6 Å². The lowest BCUT2D eigenvalue weighted by atomic mass is 10.1. The van der Waals surface area contributed by atoms with Crippen molar-refractivity contribution in [3.63, 3.8) is 0 Å². The number of carbonyl (C=O) groups excluding carboxylic acids is 1. The van der Waals surface area contributed by atoms with Gasteiger partial charge in [0.25, 0.3) is 5.91 Å². The van der Waals surface area contributed by atoms with Crippen molar-refractivity contribution in [2.24, 2.45) is 0 Å². The number of H-pyrrole nitrogens is 1. The molecule has 2 fully saturated rings. The Balaban J connectivity index is 1.44. The van der Waals surface area contributed by atoms with Crippen molar-refractivity contribution in [2.45, 2.75) is 25.4 Å². The molecule has 6 nitrogen and oxygen atoms in total. The first kappa shape index (κ1) is 18.9. The van der Waals surface area contributed by atoms with Gasteiger partial charge in [0.2, 0.25) is 5.56 Å². The fourth-order valence-electron chi connectivity index (χ4n) is 4.03. The number of amides is 1. The van der Waals surface area contributed by atoms with Crippen molar-refractivity contribution in [1.82, 2.24) is 14.8 Å². The number of rotatable bonds is 4. The average molecular weight is 381 g/mol. The van der Waals surface area contributed by atoms with E-state index in [0.29, 0.717) is 18.7 Å². The minimum absolute atomic E-state index is 0.0463. The molecule has 1 aromatic carbocycles. The number of ether oxygens (including phenoxy) is 1. The number of carbonyl (C=O) groups is 1. The molecule has 3 heterocycles. The minimum atomic E-state index is -0.133. The number of nitrogens with one attached hydrogen (secondary N) is 1. The molecule has 6 heteroatoms. The van der Waals surface area contributed by atoms with Crippen LogP contribution in [0.15, 0.2) is 47.3 Å². The van der Waals surface area contributed by atoms with Crippen LogP contribution >= 0.6 is 0 Å². The van der Waals surface area contributed by atoms with Crippen LogP contribution in [0.1, 0.15) is 29.6 Å². The van der Waals surface area contributed by atoms with E-state index >= 15 is 0 Å². The summed E-state index contributed by atoms with van der Waals surface area (Å²) < 4.78 is 6.00. The summed E-state index contributed by atoms with van der Waals surface area (Å²) in [6, 6.07) is 12.5. The van der Waals surface area contributed by atoms with Gasteiger partial charge in [-0.2, -0.15) is 0 Å². The molecule has 0 aliphatic carbocycles. The number of aromatic amines is 1. The molecule has 1 N–H and O–H groups in total. The van der Waals surface area contributed by atoms with Crippen molar-refractivity contribution < 1.29 is 9.53 Å². The maximum atomic E-state index is 13.0. The number of pyridine rings is 1. The van der Waals surface area contributed by atoms with E-state index in [0.717, 1.165) is 43.9 Å². The Hall–Kier alpha value is -2.44. The highest BCUT2D eigenvalue weighted by Crippen LogP contribution is 2.19. The molecule has 0 spiro atoms. The van der Waals surface area contributed by atoms with Crippen LogP contribution in [0.2, 0.25) is 0 Å². The van der Waals surface area contributed by atoms with Crippen molar-refractivity contribution in [1.29, 1.82) is 0 Å². The summed E-state index contributed by atoms with van der Waals surface area (Å²) in [6.45, 7) is 5.26. The zero-order chi connectivity index (χ0) is 19.3. The summed E-state index contributed by atoms with van der Waals surface area (Å²) in [6.07, 6.45) is 3.46. The Labute approximate surface area is 165 Å². The summed E-state index contributed by atoms with van der Waals surface area (Å²) in [5.41, 5.74) is 2.18. The number of hydrogen-bond acceptors (Lipinski definition) is 4. The molecule has 1 atom stereocenters. The van der Waals surface area contributed by atoms with E-state index in [1.165, 1.54) is 18.9 Å². The molecule has 0 bridgehead atoms. The van der Waals surface area contributed by atoms with Gasteiger partial charge in [-0.05, 0) is 56.1 Å². The molecule has 0 unspecified atom stereocenters. The monoisotopic (exact) mass is 381 g/mol. The molecule has 2 aliphatic rings. The van der Waals surface area contributed by atoms with Crippen molar-refractivity contribution >= 4 is 5.91 Å². The Morgan fingerprint density at radius 1 is 1.04 bits per heavy atom. The molecule has 2 aliphatic heterocycles. The molecule has 4 rings (SSSR count). The normalized spacial score (nSPS) is 20.9. The summed E-state index contributed by atoms with van der Waals surface area (Å²) in [4.78, 5) is 31.7. The Morgan fingerprint density at radius 3 is 2.57 bits per heavy atom. The smallest absolute Gasteiger partial charge is 0.253 e. The largest absolute Gasteiger partial charge is 0.375 e. The minimum Gasteiger partial charge on any atom is -0.375 e. The fourth-order valence-corrected chi connectivity index (χ4v) is 4.03. The fraction of sp³-hybridized carbons (Fsp3) is 0.455. The van der Waals surface area contributed by atoms with Crippen molar-refractivity contribution in [3.05, 3.63) is 58.4 Å². The van der Waals surface area contributed by atoms with Gasteiger partial charge in [0.05, 0.1) is 6.10 Å². The summed E-state index contributed by atoms with van der Waals surface area (Å²) in [7, 11) is 0. The van der Waals surface area contributed by atoms with Crippen molar-refractivity contribution in [2.75, 3.05) is 39.3 Å². The summed E-state index contributed by atoms with van der Waals surface area (Å²) in [5, 5.41) is 0. The standard InChI is InChI=1S/C22H27N3O3/c26-21-6-3-5-20(23-21)17-7-9-18(10-8-17)22(27)25-13-4-14-28-19(16-25)15-24-11-1-2-12-24/h3,5-10,19H,1-2,4,11-16H2,(H,23,26)/t19-/m0/s1. The van der Waals surface area contributed by atoms with Gasteiger partial charge in [-0.3, -0.25) is 9.59 Å². The van der Waals surface area contributed by atoms with Crippen LogP contribution in [0.3, 0.4) is 0 Å². The number of aromatic nitrogens is 1. The summed E-state index contributed by atoms with van der Waals surface area (Å²) >= 11 is 0. The Bertz CT molecular complexity index is 856. The molecule has 28 heavy (non-hydrogen) atoms. The molecule has 148 valence electrons. The van der Waals surface area contributed by atoms with E-state index in [-0.39, 0.29) is 17.6 Å². The molecular formula is C22H27N3O3. The molecule has 0 saturated carbocycles. The highest BCUT2D eigenvalue weighted by molar-refractivity contribution is 5.94. The maximum absolute atomic E-state index is 13.0. The summed E-state index contributed by atoms with van der Waals surface area (Å²) in [5.74, 6) is 0.0463. The first-order valence-corrected chi connectivity index (χ1v) is 10.1. The highest BCUT2D eigenvalue weighted by Gasteiger charge is 2.26. The lowest BCUT2D eigenvalue weighted by Gasteiger charge is -2.27. The van der Waals surface area contributed by atoms with Gasteiger partial charge < -0.3 is 19.5 Å². The van der Waals surface area contributed by atoms with Crippen LogP contribution in [0, 0.1) is 0 Å². The van der Waals surface area contributed by atoms with Gasteiger partial charge in [-0.1, -0.05) is 18.2 Å². The predicted molar refractivity (Wildman–Crippen MR) is 108 cm³/mol. The molecule has 2 saturated heterocycles. The quantitative estimate of drug-likeness (QED) is 0.883. The third-order valence-electron chi connectivity index (χ3n) is 5.51. The zero-order valence-corrected chi connectivity index (χ0v) is 16.1. The Morgan fingerprint density at radius 2 is 1.82 bits per heavy atom. The van der Waals surface area contributed by atoms with Crippen LogP contribution in [0.4, 0.5) is 0 Å². The maximum Gasteiger partial charge on any atom is 0.253 e. The van der Waals surface area contributed by atoms with Gasteiger partial charge in [0.15, 0.2) is 0 Å². The van der Waals surface area contributed by atoms with E-state index in [1.54, 1.807) is 6.07 Å². The molecule has 1 amide bonds. The molecule has 2 aromatic rings. The van der Waals surface area contributed by atoms with Crippen LogP contribution in [-0.2, 0) is 4.74 Å². The first-order valence-electron chi connectivity index (χ1n) is 10.1. The topological polar surface area (TPSA) is 65.6 Å². The van der Waals surface area contributed by atoms with E-state index in [1.807, 2.05) is 35.2 Å². The second-order valence-electron chi connectivity index (χ2n) is 7.61. The SMILES string of the molecule is O=C(c1ccc(-c2cccc(=O)[nH]2)cc1)N1CCCO[C@@H](CN2CCCC2)C1. The van der Waals surface area contributed by atoms with Gasteiger partial charge >= 0.3 is 0 Å². The third kappa shape index (κ3) is 4.51. The number of nitrogens with zero attached hydrogens (tertiary/aromatic N) is 2. The van der Waals surface area contributed by atoms with Crippen LogP contribution in [0.5, 0.6) is 0 Å². The number of hydrogen-bond donors (Lipinski definition) is 1. The predicted octanol–water partition coefficient (Wildman–Crippen LogP) is 2.37. The van der Waals surface area contributed by atoms with Crippen LogP contribution in [0.25, 0.3) is 11.3 Å². The third-order valence-corrected chi connectivity index (χ3v) is 5.51. The van der Waals surface area contributed by atoms with Gasteiger partial charge in [-0.15, -0.1) is 0 Å². The van der Waals surface area contributed by atoms with Crippen LogP contribution < -0.4 is 5.56 Å². The molecule has 0 radical (unpaired) electrons. The van der Waals surface area contributed by atoms with Gasteiger partial charge in [0.1, 0.15) is 0 Å². The van der Waals surface area contributed by atoms with Gasteiger partial charge in [-0.25, -0.2) is 0 Å². The van der Waals surface area contributed by atoms with E-state index in [2.05, 4.69) is 9.88 Å².